The Morgan fingerprint density at radius 2 is 2.25 bits per heavy atom. The highest BCUT2D eigenvalue weighted by atomic mass is 35.5. The van der Waals surface area contributed by atoms with Crippen molar-refractivity contribution in [2.75, 3.05) is 0 Å². The van der Waals surface area contributed by atoms with Crippen LogP contribution in [0.1, 0.15) is 5.56 Å². The Bertz CT molecular complexity index is 408. The number of fused-ring (bicyclic) bond motifs is 1. The van der Waals surface area contributed by atoms with Gasteiger partial charge in [0.1, 0.15) is 0 Å². The van der Waals surface area contributed by atoms with Gasteiger partial charge in [-0.25, -0.2) is 0 Å². The van der Waals surface area contributed by atoms with E-state index in [1.54, 1.807) is 17.4 Å². The first-order valence-corrected chi connectivity index (χ1v) is 4.83. The molecule has 62 valence electrons. The van der Waals surface area contributed by atoms with Gasteiger partial charge in [-0.3, -0.25) is 0 Å². The van der Waals surface area contributed by atoms with E-state index < -0.39 is 0 Å². The molecule has 0 saturated carbocycles. The van der Waals surface area contributed by atoms with Gasteiger partial charge in [0.05, 0.1) is 16.3 Å². The number of thiophene rings is 1. The number of aliphatic hydroxyl groups is 1. The van der Waals surface area contributed by atoms with E-state index in [0.717, 1.165) is 20.7 Å². The topological polar surface area (TPSA) is 20.2 Å². The number of aliphatic hydroxyl groups excluding tert-OH is 1. The highest BCUT2D eigenvalue weighted by Gasteiger charge is 2.02. The summed E-state index contributed by atoms with van der Waals surface area (Å²) in [4.78, 5) is 0. The lowest BCUT2D eigenvalue weighted by molar-refractivity contribution is 0.282. The van der Waals surface area contributed by atoms with Gasteiger partial charge in [-0.1, -0.05) is 11.6 Å². The van der Waals surface area contributed by atoms with Crippen LogP contribution >= 0.6 is 22.9 Å². The van der Waals surface area contributed by atoms with Crippen LogP contribution in [0.2, 0.25) is 5.02 Å². The lowest BCUT2D eigenvalue weighted by Gasteiger charge is -1.98. The van der Waals surface area contributed by atoms with Crippen molar-refractivity contribution in [3.63, 3.8) is 0 Å². The average molecular weight is 199 g/mol. The van der Waals surface area contributed by atoms with Crippen molar-refractivity contribution < 1.29 is 5.11 Å². The molecule has 0 fully saturated rings. The molecule has 2 aromatic rings. The van der Waals surface area contributed by atoms with E-state index in [2.05, 4.69) is 0 Å². The molecular weight excluding hydrogens is 192 g/mol. The Morgan fingerprint density at radius 1 is 1.42 bits per heavy atom. The van der Waals surface area contributed by atoms with Gasteiger partial charge in [-0.05, 0) is 34.5 Å². The monoisotopic (exact) mass is 198 g/mol. The lowest BCUT2D eigenvalue weighted by atomic mass is 10.2. The van der Waals surface area contributed by atoms with Crippen LogP contribution in [0.3, 0.4) is 0 Å². The third-order valence-electron chi connectivity index (χ3n) is 1.75. The maximum Gasteiger partial charge on any atom is 0.0682 e. The molecule has 0 unspecified atom stereocenters. The highest BCUT2D eigenvalue weighted by Crippen LogP contribution is 2.29. The molecule has 0 bridgehead atoms. The predicted octanol–water partition coefficient (Wildman–Crippen LogP) is 3.05. The summed E-state index contributed by atoms with van der Waals surface area (Å²) in [5.74, 6) is 0. The van der Waals surface area contributed by atoms with Gasteiger partial charge in [-0.15, -0.1) is 11.3 Å². The van der Waals surface area contributed by atoms with Crippen LogP contribution in [-0.2, 0) is 6.61 Å². The third kappa shape index (κ3) is 1.22. The summed E-state index contributed by atoms with van der Waals surface area (Å²) >= 11 is 7.60. The highest BCUT2D eigenvalue weighted by molar-refractivity contribution is 7.17. The third-order valence-corrected chi connectivity index (χ3v) is 3.12. The molecule has 12 heavy (non-hydrogen) atoms. The summed E-state index contributed by atoms with van der Waals surface area (Å²) in [6, 6.07) is 5.77. The lowest BCUT2D eigenvalue weighted by Crippen LogP contribution is -1.81. The Balaban J connectivity index is 2.75. The van der Waals surface area contributed by atoms with Crippen LogP contribution in [0.25, 0.3) is 10.1 Å². The molecule has 0 atom stereocenters. The van der Waals surface area contributed by atoms with E-state index in [-0.39, 0.29) is 6.61 Å². The zero-order chi connectivity index (χ0) is 8.55. The number of halogens is 1. The molecule has 1 aromatic carbocycles. The molecule has 0 aliphatic carbocycles. The molecule has 0 spiro atoms. The van der Waals surface area contributed by atoms with Crippen LogP contribution < -0.4 is 0 Å². The van der Waals surface area contributed by atoms with Crippen LogP contribution in [0.5, 0.6) is 0 Å². The molecule has 1 N–H and O–H groups in total. The molecule has 1 nitrogen and oxygen atoms in total. The first-order valence-electron chi connectivity index (χ1n) is 3.58. The first-order chi connectivity index (χ1) is 5.81. The fourth-order valence-corrected chi connectivity index (χ4v) is 2.36. The second kappa shape index (κ2) is 3.05. The average Bonchev–Trinajstić information content (AvgIpc) is 2.52. The predicted molar refractivity (Wildman–Crippen MR) is 52.8 cm³/mol. The fourth-order valence-electron chi connectivity index (χ4n) is 1.19. The summed E-state index contributed by atoms with van der Waals surface area (Å²) < 4.78 is 1.09. The SMILES string of the molecule is OCc1cc(Cl)c2sccc2c1. The molecule has 0 saturated heterocycles. The van der Waals surface area contributed by atoms with E-state index in [1.165, 1.54) is 0 Å². The van der Waals surface area contributed by atoms with E-state index in [1.807, 2.05) is 17.5 Å². The van der Waals surface area contributed by atoms with Gasteiger partial charge in [0.15, 0.2) is 0 Å². The molecule has 2 rings (SSSR count). The van der Waals surface area contributed by atoms with E-state index in [4.69, 9.17) is 16.7 Å². The van der Waals surface area contributed by atoms with Gasteiger partial charge in [0, 0.05) is 0 Å². The maximum absolute atomic E-state index is 8.90. The minimum Gasteiger partial charge on any atom is -0.392 e. The fraction of sp³-hybridized carbons (Fsp3) is 0.111. The zero-order valence-electron chi connectivity index (χ0n) is 6.25. The van der Waals surface area contributed by atoms with E-state index >= 15 is 0 Å². The van der Waals surface area contributed by atoms with E-state index in [0.29, 0.717) is 0 Å². The summed E-state index contributed by atoms with van der Waals surface area (Å²) in [5.41, 5.74) is 0.867. The molecule has 0 radical (unpaired) electrons. The number of rotatable bonds is 1. The van der Waals surface area contributed by atoms with Gasteiger partial charge in [0.25, 0.3) is 0 Å². The molecule has 1 heterocycles. The Kier molecular flexibility index (Phi) is 2.05. The van der Waals surface area contributed by atoms with Crippen LogP contribution in [0.4, 0.5) is 0 Å². The quantitative estimate of drug-likeness (QED) is 0.747. The Hall–Kier alpha value is -0.570. The molecule has 0 amide bonds. The van der Waals surface area contributed by atoms with Crippen molar-refractivity contribution in [2.45, 2.75) is 6.61 Å². The second-order valence-electron chi connectivity index (χ2n) is 2.57. The number of hydrogen-bond acceptors (Lipinski definition) is 2. The van der Waals surface area contributed by atoms with Crippen LogP contribution in [0.15, 0.2) is 23.6 Å². The van der Waals surface area contributed by atoms with Crippen LogP contribution in [-0.4, -0.2) is 5.11 Å². The van der Waals surface area contributed by atoms with Crippen molar-refractivity contribution in [3.05, 3.63) is 34.2 Å². The molecular formula is C9H7ClOS. The smallest absolute Gasteiger partial charge is 0.0682 e. The number of benzene rings is 1. The Labute approximate surface area is 79.2 Å². The first kappa shape index (κ1) is 8.05. The standard InChI is InChI=1S/C9H7ClOS/c10-8-4-6(5-11)3-7-1-2-12-9(7)8/h1-4,11H,5H2. The van der Waals surface area contributed by atoms with Gasteiger partial charge < -0.3 is 5.11 Å². The largest absolute Gasteiger partial charge is 0.392 e. The van der Waals surface area contributed by atoms with Crippen LogP contribution in [0, 0.1) is 0 Å². The minimum atomic E-state index is 0.0471. The number of hydrogen-bond donors (Lipinski definition) is 1. The molecule has 0 aliphatic rings. The summed E-state index contributed by atoms with van der Waals surface area (Å²) in [6.07, 6.45) is 0. The second-order valence-corrected chi connectivity index (χ2v) is 3.90. The van der Waals surface area contributed by atoms with Gasteiger partial charge in [-0.2, -0.15) is 0 Å². The Morgan fingerprint density at radius 3 is 3.00 bits per heavy atom. The van der Waals surface area contributed by atoms with Crippen molar-refractivity contribution in [3.8, 4) is 0 Å². The van der Waals surface area contributed by atoms with Crippen molar-refractivity contribution in [1.29, 1.82) is 0 Å². The van der Waals surface area contributed by atoms with Gasteiger partial charge in [0.2, 0.25) is 0 Å². The van der Waals surface area contributed by atoms with Gasteiger partial charge >= 0.3 is 0 Å². The van der Waals surface area contributed by atoms with E-state index in [9.17, 15) is 0 Å². The minimum absolute atomic E-state index is 0.0471. The summed E-state index contributed by atoms with van der Waals surface area (Å²) in [7, 11) is 0. The summed E-state index contributed by atoms with van der Waals surface area (Å²) in [6.45, 7) is 0.0471. The molecule has 0 aliphatic heterocycles. The molecule has 3 heteroatoms. The maximum atomic E-state index is 8.90. The van der Waals surface area contributed by atoms with Crippen molar-refractivity contribution in [1.82, 2.24) is 0 Å². The molecule has 1 aromatic heterocycles. The van der Waals surface area contributed by atoms with Crippen molar-refractivity contribution in [2.24, 2.45) is 0 Å². The normalized spacial score (nSPS) is 10.8. The zero-order valence-corrected chi connectivity index (χ0v) is 7.82. The van der Waals surface area contributed by atoms with Crippen molar-refractivity contribution >= 4 is 33.0 Å². The summed E-state index contributed by atoms with van der Waals surface area (Å²) in [5, 5.41) is 12.7.